The van der Waals surface area contributed by atoms with Crippen molar-refractivity contribution in [3.63, 3.8) is 0 Å². The van der Waals surface area contributed by atoms with Crippen molar-refractivity contribution in [2.75, 3.05) is 0 Å². The lowest BCUT2D eigenvalue weighted by Crippen LogP contribution is -2.39. The highest BCUT2D eigenvalue weighted by Crippen LogP contribution is 2.21. The van der Waals surface area contributed by atoms with Crippen LogP contribution in [-0.2, 0) is 13.6 Å². The van der Waals surface area contributed by atoms with Crippen LogP contribution in [0.2, 0.25) is 0 Å². The van der Waals surface area contributed by atoms with Crippen LogP contribution in [0.25, 0.3) is 0 Å². The average molecular weight is 212 g/mol. The summed E-state index contributed by atoms with van der Waals surface area (Å²) < 4.78 is 15.2. The van der Waals surface area contributed by atoms with Gasteiger partial charge in [-0.05, 0) is 12.8 Å². The van der Waals surface area contributed by atoms with Crippen LogP contribution in [0, 0.1) is 0 Å². The monoisotopic (exact) mass is 212 g/mol. The van der Waals surface area contributed by atoms with Gasteiger partial charge in [-0.15, -0.1) is 5.10 Å². The number of nitrogens with zero attached hydrogens (tertiary/aromatic N) is 3. The van der Waals surface area contributed by atoms with Gasteiger partial charge in [0, 0.05) is 19.6 Å². The molecule has 0 aromatic carbocycles. The molecule has 1 N–H and O–H groups in total. The Bertz CT molecular complexity index is 312. The van der Waals surface area contributed by atoms with Gasteiger partial charge in [-0.3, -0.25) is 4.68 Å². The molecule has 0 spiro atoms. The fourth-order valence-corrected chi connectivity index (χ4v) is 2.02. The molecule has 1 aromatic rings. The van der Waals surface area contributed by atoms with Crippen LogP contribution in [0.15, 0.2) is 6.20 Å². The van der Waals surface area contributed by atoms with Gasteiger partial charge in [-0.25, -0.2) is 4.39 Å². The van der Waals surface area contributed by atoms with Crippen molar-refractivity contribution < 1.29 is 4.39 Å². The van der Waals surface area contributed by atoms with E-state index in [0.717, 1.165) is 25.0 Å². The zero-order valence-electron chi connectivity index (χ0n) is 8.99. The predicted octanol–water partition coefficient (Wildman–Crippen LogP) is 1.19. The summed E-state index contributed by atoms with van der Waals surface area (Å²) in [6.45, 7) is 0.647. The summed E-state index contributed by atoms with van der Waals surface area (Å²) >= 11 is 0. The van der Waals surface area contributed by atoms with E-state index in [1.807, 2.05) is 7.05 Å². The van der Waals surface area contributed by atoms with Gasteiger partial charge in [0.05, 0.1) is 11.9 Å². The van der Waals surface area contributed by atoms with Gasteiger partial charge >= 0.3 is 0 Å². The van der Waals surface area contributed by atoms with Gasteiger partial charge in [0.25, 0.3) is 0 Å². The molecule has 1 heterocycles. The quantitative estimate of drug-likeness (QED) is 0.818. The van der Waals surface area contributed by atoms with Crippen LogP contribution in [0.3, 0.4) is 0 Å². The minimum absolute atomic E-state index is 0.00801. The normalized spacial score (nSPS) is 26.8. The van der Waals surface area contributed by atoms with Crippen LogP contribution in [0.4, 0.5) is 4.39 Å². The van der Waals surface area contributed by atoms with Gasteiger partial charge < -0.3 is 5.32 Å². The molecule has 1 fully saturated rings. The van der Waals surface area contributed by atoms with Crippen molar-refractivity contribution in [1.29, 1.82) is 0 Å². The van der Waals surface area contributed by atoms with E-state index < -0.39 is 6.17 Å². The molecule has 15 heavy (non-hydrogen) atoms. The molecule has 4 nitrogen and oxygen atoms in total. The number of hydrogen-bond acceptors (Lipinski definition) is 3. The lowest BCUT2D eigenvalue weighted by atomic mass is 9.93. The second-order valence-corrected chi connectivity index (χ2v) is 4.14. The summed E-state index contributed by atoms with van der Waals surface area (Å²) in [7, 11) is 1.85. The van der Waals surface area contributed by atoms with Crippen LogP contribution < -0.4 is 5.32 Å². The zero-order chi connectivity index (χ0) is 10.7. The van der Waals surface area contributed by atoms with Crippen molar-refractivity contribution in [3.8, 4) is 0 Å². The molecular formula is C10H17FN4. The highest BCUT2D eigenvalue weighted by atomic mass is 19.1. The Balaban J connectivity index is 1.84. The summed E-state index contributed by atoms with van der Waals surface area (Å²) in [5, 5.41) is 10.9. The molecule has 1 aliphatic carbocycles. The zero-order valence-corrected chi connectivity index (χ0v) is 8.99. The van der Waals surface area contributed by atoms with E-state index in [1.54, 1.807) is 10.9 Å². The van der Waals surface area contributed by atoms with Crippen molar-refractivity contribution in [1.82, 2.24) is 20.3 Å². The standard InChI is InChI=1S/C10H17FN4/c1-15-8(7-13-14-15)6-12-10-5-3-2-4-9(10)11/h7,9-10,12H,2-6H2,1H3/t9-,10-/m0/s1. The molecule has 0 saturated heterocycles. The van der Waals surface area contributed by atoms with E-state index in [9.17, 15) is 4.39 Å². The topological polar surface area (TPSA) is 42.7 Å². The molecule has 1 saturated carbocycles. The van der Waals surface area contributed by atoms with Gasteiger partial charge in [0.2, 0.25) is 0 Å². The van der Waals surface area contributed by atoms with E-state index in [-0.39, 0.29) is 6.04 Å². The van der Waals surface area contributed by atoms with Crippen LogP contribution >= 0.6 is 0 Å². The van der Waals surface area contributed by atoms with Crippen LogP contribution in [0.5, 0.6) is 0 Å². The van der Waals surface area contributed by atoms with Crippen molar-refractivity contribution in [3.05, 3.63) is 11.9 Å². The highest BCUT2D eigenvalue weighted by molar-refractivity contribution is 4.94. The molecule has 2 atom stereocenters. The van der Waals surface area contributed by atoms with Crippen molar-refractivity contribution in [2.45, 2.75) is 44.4 Å². The number of nitrogens with one attached hydrogen (secondary N) is 1. The third-order valence-corrected chi connectivity index (χ3v) is 3.04. The maximum Gasteiger partial charge on any atom is 0.115 e. The molecule has 84 valence electrons. The number of aromatic nitrogens is 3. The SMILES string of the molecule is Cn1nncc1CN[C@H]1CCCC[C@@H]1F. The Morgan fingerprint density at radius 2 is 2.33 bits per heavy atom. The lowest BCUT2D eigenvalue weighted by molar-refractivity contribution is 0.187. The maximum atomic E-state index is 13.5. The molecule has 0 amide bonds. The van der Waals surface area contributed by atoms with E-state index in [2.05, 4.69) is 15.6 Å². The number of rotatable bonds is 3. The number of alkyl halides is 1. The molecule has 1 aromatic heterocycles. The Kier molecular flexibility index (Phi) is 3.30. The first-order valence-corrected chi connectivity index (χ1v) is 5.48. The summed E-state index contributed by atoms with van der Waals surface area (Å²) in [4.78, 5) is 0. The molecule has 0 aliphatic heterocycles. The minimum atomic E-state index is -0.695. The van der Waals surface area contributed by atoms with Crippen molar-refractivity contribution >= 4 is 0 Å². The van der Waals surface area contributed by atoms with E-state index in [4.69, 9.17) is 0 Å². The number of aryl methyl sites for hydroxylation is 1. The summed E-state index contributed by atoms with van der Waals surface area (Å²) in [6.07, 6.45) is 4.80. The van der Waals surface area contributed by atoms with Crippen LogP contribution in [0.1, 0.15) is 31.4 Å². The Labute approximate surface area is 88.9 Å². The summed E-state index contributed by atoms with van der Waals surface area (Å²) in [5.41, 5.74) is 0.993. The number of hydrogen-bond donors (Lipinski definition) is 1. The molecule has 0 radical (unpaired) electrons. The molecule has 2 rings (SSSR count). The van der Waals surface area contributed by atoms with Gasteiger partial charge in [-0.2, -0.15) is 0 Å². The van der Waals surface area contributed by atoms with E-state index in [0.29, 0.717) is 13.0 Å². The van der Waals surface area contributed by atoms with Gasteiger partial charge in [0.15, 0.2) is 0 Å². The van der Waals surface area contributed by atoms with Gasteiger partial charge in [-0.1, -0.05) is 18.1 Å². The first-order valence-electron chi connectivity index (χ1n) is 5.48. The first kappa shape index (κ1) is 10.5. The third-order valence-electron chi connectivity index (χ3n) is 3.04. The fraction of sp³-hybridized carbons (Fsp3) is 0.800. The number of halogens is 1. The maximum absolute atomic E-state index is 13.5. The summed E-state index contributed by atoms with van der Waals surface area (Å²) in [5.74, 6) is 0. The third kappa shape index (κ3) is 2.53. The van der Waals surface area contributed by atoms with Gasteiger partial charge in [0.1, 0.15) is 6.17 Å². The van der Waals surface area contributed by atoms with E-state index >= 15 is 0 Å². The molecule has 1 aliphatic rings. The predicted molar refractivity (Wildman–Crippen MR) is 55.0 cm³/mol. The molecular weight excluding hydrogens is 195 g/mol. The fourth-order valence-electron chi connectivity index (χ4n) is 2.02. The Morgan fingerprint density at radius 1 is 1.53 bits per heavy atom. The second kappa shape index (κ2) is 4.70. The molecule has 0 unspecified atom stereocenters. The molecule has 5 heteroatoms. The van der Waals surface area contributed by atoms with Crippen LogP contribution in [-0.4, -0.2) is 27.2 Å². The summed E-state index contributed by atoms with van der Waals surface area (Å²) in [6, 6.07) is 0.00801. The minimum Gasteiger partial charge on any atom is -0.305 e. The highest BCUT2D eigenvalue weighted by Gasteiger charge is 2.24. The van der Waals surface area contributed by atoms with Crippen molar-refractivity contribution in [2.24, 2.45) is 7.05 Å². The Hall–Kier alpha value is -0.970. The van der Waals surface area contributed by atoms with E-state index in [1.165, 1.54) is 0 Å². The largest absolute Gasteiger partial charge is 0.305 e. The first-order chi connectivity index (χ1) is 7.27. The molecule has 0 bridgehead atoms. The Morgan fingerprint density at radius 3 is 3.00 bits per heavy atom. The lowest BCUT2D eigenvalue weighted by Gasteiger charge is -2.26. The smallest absolute Gasteiger partial charge is 0.115 e. The second-order valence-electron chi connectivity index (χ2n) is 4.14. The average Bonchev–Trinajstić information content (AvgIpc) is 2.63.